The maximum atomic E-state index is 12.3. The van der Waals surface area contributed by atoms with Crippen molar-refractivity contribution >= 4 is 41.2 Å². The number of imide groups is 2. The molecular formula is C17H23N4O4S+. The van der Waals surface area contributed by atoms with Crippen molar-refractivity contribution in [3.8, 4) is 0 Å². The number of para-hydroxylation sites is 1. The smallest absolute Gasteiger partial charge is 0.320 e. The average Bonchev–Trinajstić information content (AvgIpc) is 2.80. The first kappa shape index (κ1) is 19.9. The first-order chi connectivity index (χ1) is 12.4. The van der Waals surface area contributed by atoms with Crippen molar-refractivity contribution in [2.75, 3.05) is 38.4 Å². The van der Waals surface area contributed by atoms with E-state index in [2.05, 4.69) is 5.32 Å². The minimum absolute atomic E-state index is 0.0405. The first-order valence-electron chi connectivity index (χ1n) is 8.30. The molecule has 0 bridgehead atoms. The Bertz CT molecular complexity index is 724. The number of nitrogens with zero attached hydrogens (tertiary/aromatic N) is 2. The molecule has 8 nitrogen and oxygen atoms in total. The van der Waals surface area contributed by atoms with Crippen LogP contribution in [0.2, 0.25) is 0 Å². The van der Waals surface area contributed by atoms with E-state index >= 15 is 0 Å². The van der Waals surface area contributed by atoms with E-state index in [1.807, 2.05) is 37.4 Å². The number of likely N-dealkylation sites (N-methyl/N-ethyl adjacent to an activating group) is 1. The highest BCUT2D eigenvalue weighted by Gasteiger charge is 2.45. The molecule has 5 amide bonds. The van der Waals surface area contributed by atoms with Crippen molar-refractivity contribution in [2.24, 2.45) is 0 Å². The number of rotatable bonds is 8. The molecule has 0 saturated carbocycles. The molecule has 1 aliphatic heterocycles. The Morgan fingerprint density at radius 1 is 1.15 bits per heavy atom. The van der Waals surface area contributed by atoms with Crippen molar-refractivity contribution in [2.45, 2.75) is 18.2 Å². The molecule has 2 N–H and O–H groups in total. The van der Waals surface area contributed by atoms with E-state index in [0.29, 0.717) is 11.3 Å². The van der Waals surface area contributed by atoms with E-state index in [1.165, 1.54) is 11.8 Å². The van der Waals surface area contributed by atoms with Gasteiger partial charge in [-0.05, 0) is 24.8 Å². The average molecular weight is 379 g/mol. The Hall–Kier alpha value is -2.39. The van der Waals surface area contributed by atoms with E-state index in [9.17, 15) is 19.2 Å². The molecule has 0 radical (unpaired) electrons. The number of carbonyl (C=O) groups is 4. The fourth-order valence-electron chi connectivity index (χ4n) is 2.65. The van der Waals surface area contributed by atoms with Crippen LogP contribution in [0.5, 0.6) is 0 Å². The number of urea groups is 1. The maximum absolute atomic E-state index is 12.3. The van der Waals surface area contributed by atoms with Crippen LogP contribution in [-0.4, -0.2) is 66.6 Å². The fraction of sp³-hybridized carbons (Fsp3) is 0.412. The highest BCUT2D eigenvalue weighted by atomic mass is 32.2. The second-order valence-corrected chi connectivity index (χ2v) is 6.86. The van der Waals surface area contributed by atoms with Crippen LogP contribution in [0.1, 0.15) is 13.3 Å². The predicted octanol–water partition coefficient (Wildman–Crippen LogP) is 0.0200. The van der Waals surface area contributed by atoms with Crippen LogP contribution in [0.4, 0.5) is 10.5 Å². The lowest BCUT2D eigenvalue weighted by Crippen LogP contribution is -3.11. The van der Waals surface area contributed by atoms with E-state index in [4.69, 9.17) is 0 Å². The lowest BCUT2D eigenvalue weighted by Gasteiger charge is -2.19. The van der Waals surface area contributed by atoms with E-state index in [0.717, 1.165) is 20.4 Å². The quantitative estimate of drug-likeness (QED) is 0.378. The summed E-state index contributed by atoms with van der Waals surface area (Å²) >= 11 is 1.53. The summed E-state index contributed by atoms with van der Waals surface area (Å²) in [6.07, 6.45) is 2.50. The molecule has 0 aromatic heterocycles. The monoisotopic (exact) mass is 379 g/mol. The number of nitrogens with one attached hydrogen (secondary N) is 2. The molecule has 1 aromatic rings. The number of carbonyl (C=O) groups excluding carboxylic acids is 4. The molecule has 1 saturated heterocycles. The van der Waals surface area contributed by atoms with Gasteiger partial charge in [0.2, 0.25) is 0 Å². The Morgan fingerprint density at radius 2 is 1.81 bits per heavy atom. The van der Waals surface area contributed by atoms with E-state index < -0.39 is 17.8 Å². The molecule has 1 aromatic carbocycles. The van der Waals surface area contributed by atoms with Gasteiger partial charge in [0.25, 0.3) is 5.91 Å². The van der Waals surface area contributed by atoms with E-state index in [-0.39, 0.29) is 25.7 Å². The van der Waals surface area contributed by atoms with Gasteiger partial charge in [0.1, 0.15) is 0 Å². The molecule has 9 heteroatoms. The zero-order chi connectivity index (χ0) is 19.3. The minimum Gasteiger partial charge on any atom is -0.320 e. The summed E-state index contributed by atoms with van der Waals surface area (Å²) in [5, 5.41) is 2.83. The Morgan fingerprint density at radius 3 is 2.46 bits per heavy atom. The van der Waals surface area contributed by atoms with Gasteiger partial charge in [0.15, 0.2) is 13.2 Å². The highest BCUT2D eigenvalue weighted by Crippen LogP contribution is 2.24. The fourth-order valence-corrected chi connectivity index (χ4v) is 3.21. The third kappa shape index (κ3) is 4.41. The Balaban J connectivity index is 1.94. The van der Waals surface area contributed by atoms with Crippen LogP contribution < -0.4 is 10.2 Å². The van der Waals surface area contributed by atoms with Crippen molar-refractivity contribution < 1.29 is 24.1 Å². The van der Waals surface area contributed by atoms with Crippen LogP contribution in [0.3, 0.4) is 0 Å². The van der Waals surface area contributed by atoms with Gasteiger partial charge in [0, 0.05) is 11.4 Å². The van der Waals surface area contributed by atoms with Crippen LogP contribution in [-0.2, 0) is 14.4 Å². The molecule has 26 heavy (non-hydrogen) atoms. The summed E-state index contributed by atoms with van der Waals surface area (Å²) in [4.78, 5) is 51.7. The topological polar surface area (TPSA) is 91.2 Å². The van der Waals surface area contributed by atoms with Crippen molar-refractivity contribution in [3.63, 3.8) is 0 Å². The van der Waals surface area contributed by atoms with Crippen molar-refractivity contribution in [1.82, 2.24) is 9.80 Å². The van der Waals surface area contributed by atoms with Gasteiger partial charge < -0.3 is 10.2 Å². The maximum Gasteiger partial charge on any atom is 0.338 e. The zero-order valence-corrected chi connectivity index (χ0v) is 15.9. The molecule has 2 rings (SSSR count). The number of hydrogen-bond donors (Lipinski definition) is 2. The second kappa shape index (κ2) is 8.81. The summed E-state index contributed by atoms with van der Waals surface area (Å²) < 4.78 is 0. The standard InChI is InChI=1S/C17H22N4O4S/c1-4-9-20-15(23)16(24)21(17(20)25)11-19(2)10-14(22)18-12-7-5-6-8-13(12)26-3/h5-8H,4,9-11H2,1-3H3,(H,18,22)/p+1. The van der Waals surface area contributed by atoms with Crippen LogP contribution >= 0.6 is 11.8 Å². The van der Waals surface area contributed by atoms with Gasteiger partial charge >= 0.3 is 17.8 Å². The number of anilines is 1. The van der Waals surface area contributed by atoms with Gasteiger partial charge in [-0.25, -0.2) is 9.69 Å². The first-order valence-corrected chi connectivity index (χ1v) is 9.53. The van der Waals surface area contributed by atoms with Crippen molar-refractivity contribution in [1.29, 1.82) is 0 Å². The largest absolute Gasteiger partial charge is 0.338 e. The summed E-state index contributed by atoms with van der Waals surface area (Å²) in [6.45, 7) is 2.05. The van der Waals surface area contributed by atoms with Crippen LogP contribution in [0.25, 0.3) is 0 Å². The number of quaternary nitrogens is 1. The molecular weight excluding hydrogens is 356 g/mol. The lowest BCUT2D eigenvalue weighted by molar-refractivity contribution is -0.878. The van der Waals surface area contributed by atoms with Crippen molar-refractivity contribution in [3.05, 3.63) is 24.3 Å². The third-order valence-corrected chi connectivity index (χ3v) is 4.65. The predicted molar refractivity (Wildman–Crippen MR) is 97.7 cm³/mol. The molecule has 1 aliphatic rings. The second-order valence-electron chi connectivity index (χ2n) is 6.01. The normalized spacial score (nSPS) is 15.6. The Kier molecular flexibility index (Phi) is 6.76. The molecule has 0 aliphatic carbocycles. The Labute approximate surface area is 156 Å². The van der Waals surface area contributed by atoms with E-state index in [1.54, 1.807) is 7.05 Å². The van der Waals surface area contributed by atoms with Gasteiger partial charge in [-0.3, -0.25) is 19.3 Å². The molecule has 1 heterocycles. The minimum atomic E-state index is -0.837. The van der Waals surface area contributed by atoms with Crippen LogP contribution in [0.15, 0.2) is 29.2 Å². The molecule has 140 valence electrons. The summed E-state index contributed by atoms with van der Waals surface area (Å²) in [5.41, 5.74) is 0.718. The highest BCUT2D eigenvalue weighted by molar-refractivity contribution is 7.98. The molecule has 1 atom stereocenters. The van der Waals surface area contributed by atoms with Gasteiger partial charge in [-0.2, -0.15) is 0 Å². The third-order valence-electron chi connectivity index (χ3n) is 3.85. The van der Waals surface area contributed by atoms with Gasteiger partial charge in [-0.15, -0.1) is 11.8 Å². The summed E-state index contributed by atoms with van der Waals surface area (Å²) in [7, 11) is 1.69. The molecule has 1 fully saturated rings. The lowest BCUT2D eigenvalue weighted by atomic mass is 10.3. The summed E-state index contributed by atoms with van der Waals surface area (Å²) in [5.74, 6) is -1.88. The SMILES string of the molecule is CCCN1C(=O)C(=O)N(C[NH+](C)CC(=O)Nc2ccccc2SC)C1=O. The van der Waals surface area contributed by atoms with Gasteiger partial charge in [-0.1, -0.05) is 19.1 Å². The zero-order valence-electron chi connectivity index (χ0n) is 15.1. The molecule has 0 spiro atoms. The van der Waals surface area contributed by atoms with Crippen LogP contribution in [0, 0.1) is 0 Å². The van der Waals surface area contributed by atoms with Gasteiger partial charge in [0.05, 0.1) is 12.7 Å². The number of amides is 5. The number of hydrogen-bond acceptors (Lipinski definition) is 5. The molecule has 1 unspecified atom stereocenters. The summed E-state index contributed by atoms with van der Waals surface area (Å²) in [6, 6.07) is 6.83. The number of thioether (sulfide) groups is 1. The number of benzene rings is 1.